The quantitative estimate of drug-likeness (QED) is 0.657. The van der Waals surface area contributed by atoms with Gasteiger partial charge >= 0.3 is 0 Å². The summed E-state index contributed by atoms with van der Waals surface area (Å²) in [6.45, 7) is 6.64. The van der Waals surface area contributed by atoms with Crippen molar-refractivity contribution in [3.05, 3.63) is 52.6 Å². The summed E-state index contributed by atoms with van der Waals surface area (Å²) in [6, 6.07) is 10.9. The molecule has 0 aliphatic heterocycles. The maximum absolute atomic E-state index is 9.36. The molecule has 1 aromatic rings. The van der Waals surface area contributed by atoms with Gasteiger partial charge in [-0.25, -0.2) is 0 Å². The van der Waals surface area contributed by atoms with E-state index in [1.807, 2.05) is 6.08 Å². The lowest BCUT2D eigenvalue weighted by Gasteiger charge is -2.19. The molecule has 1 aliphatic carbocycles. The molecule has 0 radical (unpaired) electrons. The zero-order valence-electron chi connectivity index (χ0n) is 12.7. The third kappa shape index (κ3) is 3.61. The average Bonchev–Trinajstić information content (AvgIpc) is 2.45. The van der Waals surface area contributed by atoms with Crippen LogP contribution in [0.3, 0.4) is 0 Å². The minimum atomic E-state index is 0.173. The molecule has 0 saturated heterocycles. The molecule has 1 nitrogen and oxygen atoms in total. The molecule has 0 aromatic heterocycles. The Bertz CT molecular complexity index is 559. The summed E-state index contributed by atoms with van der Waals surface area (Å²) in [4.78, 5) is 0. The molecule has 0 fully saturated rings. The number of nitrogens with zero attached hydrogens (tertiary/aromatic N) is 1. The van der Waals surface area contributed by atoms with Crippen molar-refractivity contribution >= 4 is 6.08 Å². The van der Waals surface area contributed by atoms with E-state index in [1.54, 1.807) is 0 Å². The molecule has 0 spiro atoms. The van der Waals surface area contributed by atoms with Crippen molar-refractivity contribution in [1.82, 2.24) is 0 Å². The molecule has 0 bridgehead atoms. The van der Waals surface area contributed by atoms with Gasteiger partial charge < -0.3 is 0 Å². The highest BCUT2D eigenvalue weighted by Crippen LogP contribution is 2.26. The lowest BCUT2D eigenvalue weighted by atomic mass is 9.86. The maximum atomic E-state index is 9.36. The lowest BCUT2D eigenvalue weighted by Crippen LogP contribution is -2.10. The summed E-state index contributed by atoms with van der Waals surface area (Å²) in [5.41, 5.74) is 4.66. The third-order valence-electron chi connectivity index (χ3n) is 3.85. The summed E-state index contributed by atoms with van der Waals surface area (Å²) in [6.07, 6.45) is 8.85. The Morgan fingerprint density at radius 1 is 1.15 bits per heavy atom. The van der Waals surface area contributed by atoms with Crippen LogP contribution in [0.15, 0.2) is 41.5 Å². The van der Waals surface area contributed by atoms with E-state index in [9.17, 15) is 5.26 Å². The Balaban J connectivity index is 2.25. The molecule has 104 valence electrons. The van der Waals surface area contributed by atoms with Gasteiger partial charge in [-0.3, -0.25) is 0 Å². The van der Waals surface area contributed by atoms with E-state index in [-0.39, 0.29) is 5.41 Å². The minimum Gasteiger partial charge on any atom is -0.192 e. The van der Waals surface area contributed by atoms with Gasteiger partial charge in [-0.2, -0.15) is 5.26 Å². The molecule has 1 aromatic carbocycles. The van der Waals surface area contributed by atoms with Gasteiger partial charge in [-0.05, 0) is 53.9 Å². The first-order valence-electron chi connectivity index (χ1n) is 7.42. The van der Waals surface area contributed by atoms with E-state index in [1.165, 1.54) is 24.0 Å². The number of hydrogen-bond donors (Lipinski definition) is 0. The monoisotopic (exact) mass is 265 g/mol. The number of rotatable bonds is 2. The van der Waals surface area contributed by atoms with E-state index in [0.717, 1.165) is 24.0 Å². The fourth-order valence-electron chi connectivity index (χ4n) is 2.53. The van der Waals surface area contributed by atoms with Crippen molar-refractivity contribution in [3.63, 3.8) is 0 Å². The highest BCUT2D eigenvalue weighted by molar-refractivity contribution is 5.64. The first-order chi connectivity index (χ1) is 9.50. The number of hydrogen-bond acceptors (Lipinski definition) is 1. The lowest BCUT2D eigenvalue weighted by molar-refractivity contribution is 0.590. The van der Waals surface area contributed by atoms with Crippen LogP contribution < -0.4 is 0 Å². The second kappa shape index (κ2) is 6.09. The number of allylic oxidation sites excluding steroid dienone is 3. The van der Waals surface area contributed by atoms with Gasteiger partial charge in [0.15, 0.2) is 0 Å². The molecule has 0 unspecified atom stereocenters. The molecule has 2 rings (SSSR count). The van der Waals surface area contributed by atoms with Gasteiger partial charge in [0.05, 0.1) is 11.6 Å². The van der Waals surface area contributed by atoms with Crippen LogP contribution >= 0.6 is 0 Å². The van der Waals surface area contributed by atoms with Gasteiger partial charge in [0.1, 0.15) is 0 Å². The fraction of sp³-hybridized carbons (Fsp3) is 0.421. The largest absolute Gasteiger partial charge is 0.192 e. The summed E-state index contributed by atoms with van der Waals surface area (Å²) in [7, 11) is 0. The third-order valence-corrected chi connectivity index (χ3v) is 3.85. The first kappa shape index (κ1) is 14.6. The average molecular weight is 265 g/mol. The number of benzene rings is 1. The van der Waals surface area contributed by atoms with Crippen LogP contribution in [0.25, 0.3) is 6.08 Å². The maximum Gasteiger partial charge on any atom is 0.0994 e. The number of nitriles is 1. The van der Waals surface area contributed by atoms with Crippen molar-refractivity contribution in [2.24, 2.45) is 0 Å². The van der Waals surface area contributed by atoms with Gasteiger partial charge in [-0.15, -0.1) is 0 Å². The van der Waals surface area contributed by atoms with Crippen LogP contribution in [0, 0.1) is 11.3 Å². The Morgan fingerprint density at radius 3 is 2.35 bits per heavy atom. The Kier molecular flexibility index (Phi) is 4.45. The minimum absolute atomic E-state index is 0.173. The Morgan fingerprint density at radius 2 is 1.85 bits per heavy atom. The van der Waals surface area contributed by atoms with Crippen molar-refractivity contribution in [2.45, 2.75) is 51.9 Å². The molecule has 0 amide bonds. The molecule has 0 saturated carbocycles. The first-order valence-corrected chi connectivity index (χ1v) is 7.42. The van der Waals surface area contributed by atoms with Crippen LogP contribution in [0.5, 0.6) is 0 Å². The normalized spacial score (nSPS) is 16.5. The standard InChI is InChI=1S/C19H23N/c1-19(2,3)18-11-9-15(10-12-18)13-17(14-20)16-7-5-4-6-8-16/h7,9-13H,4-6,8H2,1-3H3/b17-13+. The Labute approximate surface area is 122 Å². The molecule has 20 heavy (non-hydrogen) atoms. The molecule has 0 heterocycles. The van der Waals surface area contributed by atoms with Crippen molar-refractivity contribution < 1.29 is 0 Å². The van der Waals surface area contributed by atoms with E-state index >= 15 is 0 Å². The van der Waals surface area contributed by atoms with Gasteiger partial charge in [0, 0.05) is 0 Å². The zero-order valence-corrected chi connectivity index (χ0v) is 12.7. The predicted molar refractivity (Wildman–Crippen MR) is 85.3 cm³/mol. The van der Waals surface area contributed by atoms with Crippen LogP contribution in [0.2, 0.25) is 0 Å². The van der Waals surface area contributed by atoms with Crippen LogP contribution in [-0.4, -0.2) is 0 Å². The zero-order chi connectivity index (χ0) is 14.6. The summed E-state index contributed by atoms with van der Waals surface area (Å²) < 4.78 is 0. The fourth-order valence-corrected chi connectivity index (χ4v) is 2.53. The molecule has 0 N–H and O–H groups in total. The van der Waals surface area contributed by atoms with E-state index in [2.05, 4.69) is 57.2 Å². The van der Waals surface area contributed by atoms with Crippen molar-refractivity contribution in [2.75, 3.05) is 0 Å². The Hall–Kier alpha value is -1.81. The van der Waals surface area contributed by atoms with Crippen LogP contribution in [-0.2, 0) is 5.41 Å². The van der Waals surface area contributed by atoms with Gasteiger partial charge in [0.25, 0.3) is 0 Å². The second-order valence-electron chi connectivity index (χ2n) is 6.52. The van der Waals surface area contributed by atoms with E-state index in [0.29, 0.717) is 0 Å². The molecule has 1 aliphatic rings. The van der Waals surface area contributed by atoms with Crippen LogP contribution in [0.1, 0.15) is 57.6 Å². The molecule has 1 heteroatoms. The van der Waals surface area contributed by atoms with E-state index < -0.39 is 0 Å². The van der Waals surface area contributed by atoms with Crippen LogP contribution in [0.4, 0.5) is 0 Å². The summed E-state index contributed by atoms with van der Waals surface area (Å²) >= 11 is 0. The van der Waals surface area contributed by atoms with E-state index in [4.69, 9.17) is 0 Å². The van der Waals surface area contributed by atoms with Gasteiger partial charge in [0.2, 0.25) is 0 Å². The SMILES string of the molecule is CC(C)(C)c1ccc(/C=C(\C#N)C2=CCCCC2)cc1. The van der Waals surface area contributed by atoms with Gasteiger partial charge in [-0.1, -0.05) is 51.1 Å². The molecular weight excluding hydrogens is 242 g/mol. The summed E-state index contributed by atoms with van der Waals surface area (Å²) in [5, 5.41) is 9.36. The topological polar surface area (TPSA) is 23.8 Å². The highest BCUT2D eigenvalue weighted by Gasteiger charge is 2.13. The predicted octanol–water partition coefficient (Wildman–Crippen LogP) is 5.39. The molecule has 0 atom stereocenters. The highest BCUT2D eigenvalue weighted by atomic mass is 14.3. The molecular formula is C19H23N. The summed E-state index contributed by atoms with van der Waals surface area (Å²) in [5.74, 6) is 0. The van der Waals surface area contributed by atoms with Crippen molar-refractivity contribution in [3.8, 4) is 6.07 Å². The second-order valence-corrected chi connectivity index (χ2v) is 6.52. The smallest absolute Gasteiger partial charge is 0.0994 e. The van der Waals surface area contributed by atoms with Crippen molar-refractivity contribution in [1.29, 1.82) is 5.26 Å².